The van der Waals surface area contributed by atoms with Crippen molar-refractivity contribution in [3.8, 4) is 0 Å². The highest BCUT2D eigenvalue weighted by atomic mass is 19.1. The molecule has 0 radical (unpaired) electrons. The number of anilines is 1. The highest BCUT2D eigenvalue weighted by Crippen LogP contribution is 2.29. The molecule has 0 saturated carbocycles. The topological polar surface area (TPSA) is 54.5 Å². The molecular weight excluding hydrogens is 255 g/mol. The molecule has 0 saturated heterocycles. The molecule has 4 nitrogen and oxygen atoms in total. The maximum absolute atomic E-state index is 14.0. The van der Waals surface area contributed by atoms with E-state index in [-0.39, 0.29) is 5.82 Å². The molecular formula is C15H13FN4. The van der Waals surface area contributed by atoms with Crippen LogP contribution in [-0.2, 0) is 0 Å². The fourth-order valence-corrected chi connectivity index (χ4v) is 2.13. The second-order valence-corrected chi connectivity index (χ2v) is 4.41. The minimum Gasteiger partial charge on any atom is -0.386 e. The summed E-state index contributed by atoms with van der Waals surface area (Å²) in [7, 11) is 0. The zero-order valence-electron chi connectivity index (χ0n) is 10.7. The largest absolute Gasteiger partial charge is 0.386 e. The molecule has 100 valence electrons. The van der Waals surface area contributed by atoms with E-state index in [9.17, 15) is 4.39 Å². The Labute approximate surface area is 116 Å². The summed E-state index contributed by atoms with van der Waals surface area (Å²) in [6, 6.07) is 10.3. The summed E-state index contributed by atoms with van der Waals surface area (Å²) in [5.74, 6) is 0.151. The Morgan fingerprint density at radius 2 is 2.00 bits per heavy atom. The van der Waals surface area contributed by atoms with E-state index in [1.165, 1.54) is 6.07 Å². The minimum absolute atomic E-state index is 0.294. The second-order valence-electron chi connectivity index (χ2n) is 4.41. The number of nitrogens with two attached hydrogens (primary N) is 1. The van der Waals surface area contributed by atoms with Crippen LogP contribution in [-0.4, -0.2) is 17.4 Å². The first-order chi connectivity index (χ1) is 9.75. The molecule has 1 aliphatic rings. The summed E-state index contributed by atoms with van der Waals surface area (Å²) >= 11 is 0. The molecule has 1 aromatic carbocycles. The summed E-state index contributed by atoms with van der Waals surface area (Å²) in [5, 5.41) is 0. The van der Waals surface area contributed by atoms with Gasteiger partial charge >= 0.3 is 0 Å². The molecule has 2 heterocycles. The summed E-state index contributed by atoms with van der Waals surface area (Å²) in [4.78, 5) is 10.0. The van der Waals surface area contributed by atoms with Crippen LogP contribution in [0.3, 0.4) is 0 Å². The standard InChI is InChI=1S/C15H13FN4/c16-12-5-1-2-6-13(12)20-10-15(17)19-9-14(20)11-4-3-7-18-8-11/h1-9H,10H2,(H2,17,19). The number of aromatic nitrogens is 1. The highest BCUT2D eigenvalue weighted by Gasteiger charge is 2.21. The average Bonchev–Trinajstić information content (AvgIpc) is 2.48. The van der Waals surface area contributed by atoms with Crippen molar-refractivity contribution in [2.75, 3.05) is 11.4 Å². The first-order valence-electron chi connectivity index (χ1n) is 6.20. The van der Waals surface area contributed by atoms with Gasteiger partial charge in [-0.3, -0.25) is 4.98 Å². The summed E-state index contributed by atoms with van der Waals surface area (Å²) in [6.45, 7) is 0.349. The van der Waals surface area contributed by atoms with Crippen molar-refractivity contribution in [2.24, 2.45) is 10.7 Å². The molecule has 20 heavy (non-hydrogen) atoms. The lowest BCUT2D eigenvalue weighted by molar-refractivity contribution is 0.627. The molecule has 1 aliphatic heterocycles. The number of nitrogens with zero attached hydrogens (tertiary/aromatic N) is 3. The molecule has 0 fully saturated rings. The Kier molecular flexibility index (Phi) is 3.16. The fraction of sp³-hybridized carbons (Fsp3) is 0.0667. The third-order valence-electron chi connectivity index (χ3n) is 3.06. The van der Waals surface area contributed by atoms with E-state index in [1.54, 1.807) is 41.7 Å². The van der Waals surface area contributed by atoms with Crippen LogP contribution < -0.4 is 10.6 Å². The number of hydrogen-bond acceptors (Lipinski definition) is 4. The van der Waals surface area contributed by atoms with Crippen LogP contribution in [0.25, 0.3) is 5.70 Å². The number of amidine groups is 1. The van der Waals surface area contributed by atoms with E-state index < -0.39 is 0 Å². The van der Waals surface area contributed by atoms with Crippen molar-refractivity contribution in [1.29, 1.82) is 0 Å². The lowest BCUT2D eigenvalue weighted by Crippen LogP contribution is -2.35. The third-order valence-corrected chi connectivity index (χ3v) is 3.06. The number of hydrogen-bond donors (Lipinski definition) is 1. The number of benzene rings is 1. The Morgan fingerprint density at radius 1 is 1.15 bits per heavy atom. The second kappa shape index (κ2) is 5.13. The first kappa shape index (κ1) is 12.3. The van der Waals surface area contributed by atoms with Gasteiger partial charge in [0, 0.05) is 18.0 Å². The normalized spacial score (nSPS) is 14.8. The molecule has 3 rings (SSSR count). The Bertz CT molecular complexity index is 679. The summed E-state index contributed by atoms with van der Waals surface area (Å²) in [5.41, 5.74) is 7.89. The molecule has 0 spiro atoms. The highest BCUT2D eigenvalue weighted by molar-refractivity contribution is 5.95. The molecule has 0 unspecified atom stereocenters. The fourth-order valence-electron chi connectivity index (χ4n) is 2.13. The van der Waals surface area contributed by atoms with Gasteiger partial charge in [0.1, 0.15) is 11.7 Å². The SMILES string of the molecule is NC1=NC=C(c2cccnc2)N(c2ccccc2F)C1. The zero-order valence-corrected chi connectivity index (χ0v) is 10.7. The molecule has 0 atom stereocenters. The first-order valence-corrected chi connectivity index (χ1v) is 6.20. The number of rotatable bonds is 2. The van der Waals surface area contributed by atoms with Gasteiger partial charge in [-0.25, -0.2) is 9.38 Å². The summed E-state index contributed by atoms with van der Waals surface area (Å²) < 4.78 is 14.0. The lowest BCUT2D eigenvalue weighted by atomic mass is 10.1. The van der Waals surface area contributed by atoms with Crippen molar-refractivity contribution in [2.45, 2.75) is 0 Å². The van der Waals surface area contributed by atoms with Crippen molar-refractivity contribution in [1.82, 2.24) is 4.98 Å². The minimum atomic E-state index is -0.294. The number of aliphatic imine (C=N–C) groups is 1. The van der Waals surface area contributed by atoms with Crippen LogP contribution in [0, 0.1) is 5.82 Å². The van der Waals surface area contributed by atoms with Crippen LogP contribution in [0.15, 0.2) is 60.0 Å². The Morgan fingerprint density at radius 3 is 2.75 bits per heavy atom. The van der Waals surface area contributed by atoms with Gasteiger partial charge in [-0.15, -0.1) is 0 Å². The van der Waals surface area contributed by atoms with Crippen LogP contribution in [0.2, 0.25) is 0 Å². The van der Waals surface area contributed by atoms with E-state index in [0.717, 1.165) is 11.3 Å². The van der Waals surface area contributed by atoms with Crippen molar-refractivity contribution >= 4 is 17.2 Å². The van der Waals surface area contributed by atoms with E-state index >= 15 is 0 Å². The Balaban J connectivity index is 2.08. The molecule has 2 N–H and O–H groups in total. The molecule has 5 heteroatoms. The molecule has 1 aromatic heterocycles. The van der Waals surface area contributed by atoms with Gasteiger partial charge < -0.3 is 10.6 Å². The lowest BCUT2D eigenvalue weighted by Gasteiger charge is -2.29. The van der Waals surface area contributed by atoms with Gasteiger partial charge in [0.15, 0.2) is 0 Å². The smallest absolute Gasteiger partial charge is 0.146 e. The van der Waals surface area contributed by atoms with Gasteiger partial charge in [0.05, 0.1) is 24.1 Å². The summed E-state index contributed by atoms with van der Waals surface area (Å²) in [6.07, 6.45) is 5.05. The number of halogens is 1. The Hall–Kier alpha value is -2.69. The van der Waals surface area contributed by atoms with Crippen molar-refractivity contribution < 1.29 is 4.39 Å². The number of para-hydroxylation sites is 1. The predicted octanol–water partition coefficient (Wildman–Crippen LogP) is 2.40. The maximum Gasteiger partial charge on any atom is 0.146 e. The average molecular weight is 268 g/mol. The van der Waals surface area contributed by atoms with Crippen LogP contribution in [0.1, 0.15) is 5.56 Å². The van der Waals surface area contributed by atoms with Crippen LogP contribution >= 0.6 is 0 Å². The molecule has 2 aromatic rings. The van der Waals surface area contributed by atoms with Gasteiger partial charge in [0.2, 0.25) is 0 Å². The quantitative estimate of drug-likeness (QED) is 0.910. The van der Waals surface area contributed by atoms with Crippen LogP contribution in [0.5, 0.6) is 0 Å². The molecule has 0 bridgehead atoms. The van der Waals surface area contributed by atoms with E-state index in [4.69, 9.17) is 5.73 Å². The van der Waals surface area contributed by atoms with E-state index in [0.29, 0.717) is 18.1 Å². The monoisotopic (exact) mass is 268 g/mol. The van der Waals surface area contributed by atoms with Crippen LogP contribution in [0.4, 0.5) is 10.1 Å². The molecule has 0 amide bonds. The number of pyridine rings is 1. The predicted molar refractivity (Wildman–Crippen MR) is 77.6 cm³/mol. The van der Waals surface area contributed by atoms with Gasteiger partial charge in [-0.1, -0.05) is 12.1 Å². The van der Waals surface area contributed by atoms with Crippen molar-refractivity contribution in [3.05, 3.63) is 66.4 Å². The van der Waals surface area contributed by atoms with Gasteiger partial charge in [-0.2, -0.15) is 0 Å². The zero-order chi connectivity index (χ0) is 13.9. The van der Waals surface area contributed by atoms with Crippen molar-refractivity contribution in [3.63, 3.8) is 0 Å². The van der Waals surface area contributed by atoms with Gasteiger partial charge in [0.25, 0.3) is 0 Å². The maximum atomic E-state index is 14.0. The van der Waals surface area contributed by atoms with E-state index in [1.807, 2.05) is 12.1 Å². The third kappa shape index (κ3) is 2.25. The molecule has 0 aliphatic carbocycles. The van der Waals surface area contributed by atoms with E-state index in [2.05, 4.69) is 9.98 Å². The van der Waals surface area contributed by atoms with Gasteiger partial charge in [-0.05, 0) is 24.3 Å².